The Hall–Kier alpha value is -2.99. The van der Waals surface area contributed by atoms with Crippen molar-refractivity contribution in [3.05, 3.63) is 95.9 Å². The molecule has 0 spiro atoms. The first-order valence-electron chi connectivity index (χ1n) is 10.4. The lowest BCUT2D eigenvalue weighted by atomic mass is 10.2. The van der Waals surface area contributed by atoms with Gasteiger partial charge in [-0.05, 0) is 30.2 Å². The van der Waals surface area contributed by atoms with E-state index < -0.39 is 0 Å². The minimum atomic E-state index is -0.182. The van der Waals surface area contributed by atoms with E-state index in [1.54, 1.807) is 18.0 Å². The van der Waals surface area contributed by atoms with Crippen LogP contribution in [0.5, 0.6) is 0 Å². The highest BCUT2D eigenvalue weighted by atomic mass is 32.2. The zero-order valence-corrected chi connectivity index (χ0v) is 18.6. The lowest BCUT2D eigenvalue weighted by Crippen LogP contribution is -2.28. The minimum Gasteiger partial charge on any atom is -0.467 e. The Balaban J connectivity index is 1.80. The van der Waals surface area contributed by atoms with Crippen molar-refractivity contribution in [2.24, 2.45) is 4.99 Å². The van der Waals surface area contributed by atoms with Crippen LogP contribution in [-0.4, -0.2) is 28.4 Å². The van der Waals surface area contributed by atoms with Crippen LogP contribution in [0.3, 0.4) is 0 Å². The van der Waals surface area contributed by atoms with Crippen LogP contribution in [0.1, 0.15) is 30.2 Å². The van der Waals surface area contributed by atoms with Gasteiger partial charge in [-0.25, -0.2) is 0 Å². The third-order valence-electron chi connectivity index (χ3n) is 4.50. The van der Waals surface area contributed by atoms with Gasteiger partial charge in [-0.3, -0.25) is 9.79 Å². The summed E-state index contributed by atoms with van der Waals surface area (Å²) < 4.78 is 10.5. The van der Waals surface area contributed by atoms with E-state index in [4.69, 9.17) is 14.1 Å². The molecule has 0 N–H and O–H groups in total. The molecule has 0 radical (unpaired) electrons. The molecular weight excluding hydrogens is 408 g/mol. The molecule has 0 unspecified atom stereocenters. The predicted octanol–water partition coefficient (Wildman–Crippen LogP) is 5.52. The van der Waals surface area contributed by atoms with Crippen molar-refractivity contribution in [3.63, 3.8) is 0 Å². The molecule has 31 heavy (non-hydrogen) atoms. The van der Waals surface area contributed by atoms with E-state index in [0.29, 0.717) is 25.3 Å². The molecule has 0 bridgehead atoms. The molecule has 3 rings (SSSR count). The van der Waals surface area contributed by atoms with Crippen LogP contribution in [0.15, 0.2) is 88.5 Å². The summed E-state index contributed by atoms with van der Waals surface area (Å²) in [4.78, 5) is 18.9. The number of hydrogen-bond acceptors (Lipinski definition) is 5. The van der Waals surface area contributed by atoms with Gasteiger partial charge in [0.2, 0.25) is 0 Å². The van der Waals surface area contributed by atoms with Crippen LogP contribution in [-0.2, 0) is 29.2 Å². The van der Waals surface area contributed by atoms with E-state index in [2.05, 4.69) is 29.2 Å². The van der Waals surface area contributed by atoms with Gasteiger partial charge >= 0.3 is 5.97 Å². The Morgan fingerprint density at radius 2 is 1.61 bits per heavy atom. The van der Waals surface area contributed by atoms with Crippen LogP contribution in [0.2, 0.25) is 0 Å². The average Bonchev–Trinajstić information content (AvgIpc) is 3.31. The number of esters is 1. The lowest BCUT2D eigenvalue weighted by Gasteiger charge is -2.26. The number of carbonyl (C=O) groups is 1. The van der Waals surface area contributed by atoms with Crippen molar-refractivity contribution >= 4 is 22.9 Å². The summed E-state index contributed by atoms with van der Waals surface area (Å²) in [5.41, 5.74) is 2.41. The van der Waals surface area contributed by atoms with E-state index in [1.807, 2.05) is 55.5 Å². The van der Waals surface area contributed by atoms with E-state index in [9.17, 15) is 4.79 Å². The molecule has 1 heterocycles. The third kappa shape index (κ3) is 7.98. The van der Waals surface area contributed by atoms with Gasteiger partial charge in [-0.2, -0.15) is 0 Å². The number of rotatable bonds is 10. The maximum atomic E-state index is 11.8. The normalized spacial score (nSPS) is 11.3. The molecule has 0 fully saturated rings. The number of aliphatic imine (C=N–C) groups is 1. The van der Waals surface area contributed by atoms with Crippen LogP contribution in [0.25, 0.3) is 0 Å². The number of ether oxygens (including phenoxy) is 1. The molecule has 1 aromatic heterocycles. The summed E-state index contributed by atoms with van der Waals surface area (Å²) in [5.74, 6) is 1.23. The van der Waals surface area contributed by atoms with E-state index in [0.717, 1.165) is 24.0 Å². The first-order chi connectivity index (χ1) is 15.2. The maximum absolute atomic E-state index is 11.8. The van der Waals surface area contributed by atoms with E-state index >= 15 is 0 Å². The Morgan fingerprint density at radius 1 is 0.968 bits per heavy atom. The number of hydrogen-bond donors (Lipinski definition) is 0. The second kappa shape index (κ2) is 12.6. The molecule has 0 saturated heterocycles. The van der Waals surface area contributed by atoms with Crippen LogP contribution < -0.4 is 0 Å². The zero-order chi connectivity index (χ0) is 21.7. The van der Waals surface area contributed by atoms with Crippen LogP contribution in [0.4, 0.5) is 0 Å². The fourth-order valence-corrected chi connectivity index (χ4v) is 3.96. The molecule has 6 heteroatoms. The van der Waals surface area contributed by atoms with Gasteiger partial charge < -0.3 is 14.1 Å². The Morgan fingerprint density at radius 3 is 2.16 bits per heavy atom. The monoisotopic (exact) mass is 436 g/mol. The highest BCUT2D eigenvalue weighted by molar-refractivity contribution is 8.13. The van der Waals surface area contributed by atoms with Gasteiger partial charge in [0.25, 0.3) is 0 Å². The summed E-state index contributed by atoms with van der Waals surface area (Å²) in [7, 11) is 0. The third-order valence-corrected chi connectivity index (χ3v) is 5.55. The van der Waals surface area contributed by atoms with Gasteiger partial charge in [-0.1, -0.05) is 72.4 Å². The molecule has 5 nitrogen and oxygen atoms in total. The second-order valence-electron chi connectivity index (χ2n) is 6.91. The summed E-state index contributed by atoms with van der Waals surface area (Å²) in [6, 6.07) is 24.5. The molecule has 2 aromatic carbocycles. The number of benzene rings is 2. The fraction of sp³-hybridized carbons (Fsp3) is 0.280. The van der Waals surface area contributed by atoms with Crippen LogP contribution in [0, 0.1) is 0 Å². The molecular formula is C25H28N2O3S. The molecule has 3 aromatic rings. The second-order valence-corrected chi connectivity index (χ2v) is 7.97. The van der Waals surface area contributed by atoms with Crippen molar-refractivity contribution < 1.29 is 13.9 Å². The summed E-state index contributed by atoms with van der Waals surface area (Å²) in [6.07, 6.45) is 2.01. The van der Waals surface area contributed by atoms with Gasteiger partial charge in [0.05, 0.1) is 25.8 Å². The minimum absolute atomic E-state index is 0.182. The van der Waals surface area contributed by atoms with E-state index in [-0.39, 0.29) is 5.97 Å². The molecule has 0 atom stereocenters. The van der Waals surface area contributed by atoms with Gasteiger partial charge in [-0.15, -0.1) is 0 Å². The summed E-state index contributed by atoms with van der Waals surface area (Å²) in [6.45, 7) is 4.12. The van der Waals surface area contributed by atoms with Gasteiger partial charge in [0.15, 0.2) is 5.17 Å². The van der Waals surface area contributed by atoms with Crippen molar-refractivity contribution in [1.29, 1.82) is 0 Å². The quantitative estimate of drug-likeness (QED) is 0.238. The van der Waals surface area contributed by atoms with Crippen molar-refractivity contribution in [1.82, 2.24) is 4.90 Å². The number of amidine groups is 1. The Kier molecular flexibility index (Phi) is 9.26. The Bertz CT molecular complexity index is 886. The first kappa shape index (κ1) is 22.7. The van der Waals surface area contributed by atoms with Gasteiger partial charge in [0, 0.05) is 18.8 Å². The Labute approximate surface area is 188 Å². The SMILES string of the molecule is CCOC(=O)CCSC(=NCc1ccco1)N(Cc1ccccc1)Cc1ccccc1. The van der Waals surface area contributed by atoms with Crippen LogP contribution >= 0.6 is 11.8 Å². The molecule has 0 amide bonds. The molecule has 162 valence electrons. The standard InChI is InChI=1S/C25H28N2O3S/c1-2-29-24(28)15-17-31-25(26-18-23-14-9-16-30-23)27(19-21-10-5-3-6-11-21)20-22-12-7-4-8-13-22/h3-14,16H,2,15,17-20H2,1H3. The predicted molar refractivity (Wildman–Crippen MR) is 126 cm³/mol. The number of carbonyl (C=O) groups excluding carboxylic acids is 1. The largest absolute Gasteiger partial charge is 0.467 e. The topological polar surface area (TPSA) is 55.0 Å². The van der Waals surface area contributed by atoms with Crippen molar-refractivity contribution in [3.8, 4) is 0 Å². The molecule has 0 aliphatic heterocycles. The molecule has 0 saturated carbocycles. The van der Waals surface area contributed by atoms with Crippen molar-refractivity contribution in [2.75, 3.05) is 12.4 Å². The average molecular weight is 437 g/mol. The number of furan rings is 1. The first-order valence-corrected chi connectivity index (χ1v) is 11.4. The molecule has 0 aliphatic carbocycles. The van der Waals surface area contributed by atoms with Gasteiger partial charge in [0.1, 0.15) is 5.76 Å². The smallest absolute Gasteiger partial charge is 0.306 e. The molecule has 0 aliphatic rings. The fourth-order valence-electron chi connectivity index (χ4n) is 3.04. The number of thioether (sulfide) groups is 1. The van der Waals surface area contributed by atoms with Crippen molar-refractivity contribution in [2.45, 2.75) is 33.0 Å². The summed E-state index contributed by atoms with van der Waals surface area (Å²) >= 11 is 1.58. The maximum Gasteiger partial charge on any atom is 0.306 e. The zero-order valence-electron chi connectivity index (χ0n) is 17.8. The van der Waals surface area contributed by atoms with E-state index in [1.165, 1.54) is 11.1 Å². The highest BCUT2D eigenvalue weighted by Gasteiger charge is 2.15. The number of nitrogens with zero attached hydrogens (tertiary/aromatic N) is 2. The lowest BCUT2D eigenvalue weighted by molar-refractivity contribution is -0.142. The highest BCUT2D eigenvalue weighted by Crippen LogP contribution is 2.19. The summed E-state index contributed by atoms with van der Waals surface area (Å²) in [5, 5.41) is 0.883.